The maximum atomic E-state index is 12.0. The lowest BCUT2D eigenvalue weighted by Crippen LogP contribution is -2.27. The number of sulfonamides is 1. The number of methoxy groups -OCH3 is 2. The molecule has 0 saturated carbocycles. The normalized spacial score (nSPS) is 10.9. The lowest BCUT2D eigenvalue weighted by Gasteiger charge is -2.12. The van der Waals surface area contributed by atoms with E-state index in [4.69, 9.17) is 14.6 Å². The highest BCUT2D eigenvalue weighted by atomic mass is 32.2. The van der Waals surface area contributed by atoms with Crippen LogP contribution in [0, 0.1) is 0 Å². The Labute approximate surface area is 118 Å². The Hall–Kier alpha value is -1.80. The topological polar surface area (TPSA) is 108 Å². The van der Waals surface area contributed by atoms with Crippen molar-refractivity contribution in [3.05, 3.63) is 23.8 Å². The molecule has 0 heterocycles. The smallest absolute Gasteiger partial charge is 0.255 e. The minimum atomic E-state index is -3.51. The van der Waals surface area contributed by atoms with Gasteiger partial charge in [0.05, 0.1) is 25.5 Å². The van der Waals surface area contributed by atoms with Gasteiger partial charge in [-0.05, 0) is 18.6 Å². The van der Waals surface area contributed by atoms with E-state index in [1.807, 2.05) is 0 Å². The molecule has 0 fully saturated rings. The van der Waals surface area contributed by atoms with Crippen LogP contribution in [-0.4, -0.2) is 40.8 Å². The summed E-state index contributed by atoms with van der Waals surface area (Å²) in [6.07, 6.45) is 0.247. The number of primary sulfonamides is 1. The van der Waals surface area contributed by atoms with Gasteiger partial charge in [-0.15, -0.1) is 0 Å². The van der Waals surface area contributed by atoms with Crippen molar-refractivity contribution in [1.29, 1.82) is 0 Å². The molecule has 0 atom stereocenters. The summed E-state index contributed by atoms with van der Waals surface area (Å²) in [6.45, 7) is 0.204. The number of amides is 1. The quantitative estimate of drug-likeness (QED) is 0.695. The van der Waals surface area contributed by atoms with Gasteiger partial charge >= 0.3 is 0 Å². The molecule has 0 saturated heterocycles. The van der Waals surface area contributed by atoms with Gasteiger partial charge in [-0.25, -0.2) is 13.6 Å². The predicted molar refractivity (Wildman–Crippen MR) is 74.5 cm³/mol. The second kappa shape index (κ2) is 7.11. The van der Waals surface area contributed by atoms with Gasteiger partial charge < -0.3 is 14.8 Å². The third kappa shape index (κ3) is 4.71. The Morgan fingerprint density at radius 2 is 2.00 bits per heavy atom. The van der Waals surface area contributed by atoms with Crippen molar-refractivity contribution in [2.75, 3.05) is 26.5 Å². The van der Waals surface area contributed by atoms with Crippen molar-refractivity contribution < 1.29 is 22.7 Å². The Bertz CT molecular complexity index is 571. The van der Waals surface area contributed by atoms with Crippen LogP contribution in [0.25, 0.3) is 0 Å². The molecule has 0 bridgehead atoms. The third-order valence-electron chi connectivity index (χ3n) is 2.54. The summed E-state index contributed by atoms with van der Waals surface area (Å²) in [5.74, 6) is 0.238. The minimum Gasteiger partial charge on any atom is -0.493 e. The van der Waals surface area contributed by atoms with E-state index in [0.717, 1.165) is 0 Å². The maximum Gasteiger partial charge on any atom is 0.255 e. The molecule has 0 aliphatic carbocycles. The molecule has 7 nitrogen and oxygen atoms in total. The van der Waals surface area contributed by atoms with Gasteiger partial charge in [0.25, 0.3) is 5.91 Å². The second-order valence-corrected chi connectivity index (χ2v) is 5.75. The summed E-state index contributed by atoms with van der Waals surface area (Å²) in [5.41, 5.74) is 0.322. The zero-order valence-electron chi connectivity index (χ0n) is 11.4. The standard InChI is InChI=1S/C12H18N2O5S/c1-18-10-6-3-5-9(11(10)19-2)12(15)14-7-4-8-20(13,16)17/h3,5-6H,4,7-8H2,1-2H3,(H,14,15)(H2,13,16,17). The summed E-state index contributed by atoms with van der Waals surface area (Å²) in [4.78, 5) is 12.0. The molecule has 3 N–H and O–H groups in total. The van der Waals surface area contributed by atoms with Crippen LogP contribution >= 0.6 is 0 Å². The summed E-state index contributed by atoms with van der Waals surface area (Å²) in [6, 6.07) is 4.94. The van der Waals surface area contributed by atoms with E-state index in [1.165, 1.54) is 14.2 Å². The van der Waals surface area contributed by atoms with Gasteiger partial charge in [-0.3, -0.25) is 4.79 Å². The number of carbonyl (C=O) groups excluding carboxylic acids is 1. The van der Waals surface area contributed by atoms with Crippen molar-refractivity contribution in [2.24, 2.45) is 5.14 Å². The average Bonchev–Trinajstić information content (AvgIpc) is 2.41. The SMILES string of the molecule is COc1cccc(C(=O)NCCCS(N)(=O)=O)c1OC. The van der Waals surface area contributed by atoms with Crippen molar-refractivity contribution in [3.8, 4) is 11.5 Å². The van der Waals surface area contributed by atoms with Gasteiger partial charge in [0, 0.05) is 6.54 Å². The molecule has 1 rings (SSSR count). The Morgan fingerprint density at radius 3 is 2.55 bits per heavy atom. The van der Waals surface area contributed by atoms with Crippen LogP contribution in [0.4, 0.5) is 0 Å². The fourth-order valence-corrected chi connectivity index (χ4v) is 2.18. The number of para-hydroxylation sites is 1. The van der Waals surface area contributed by atoms with E-state index in [9.17, 15) is 13.2 Å². The molecule has 8 heteroatoms. The number of nitrogens with one attached hydrogen (secondary N) is 1. The van der Waals surface area contributed by atoms with Crippen LogP contribution < -0.4 is 19.9 Å². The van der Waals surface area contributed by atoms with E-state index in [0.29, 0.717) is 17.1 Å². The molecule has 0 spiro atoms. The minimum absolute atomic E-state index is 0.178. The van der Waals surface area contributed by atoms with Crippen molar-refractivity contribution in [3.63, 3.8) is 0 Å². The molecule has 1 amide bonds. The second-order valence-electron chi connectivity index (χ2n) is 4.02. The van der Waals surface area contributed by atoms with E-state index in [-0.39, 0.29) is 24.6 Å². The average molecular weight is 302 g/mol. The van der Waals surface area contributed by atoms with Crippen LogP contribution in [0.5, 0.6) is 11.5 Å². The number of hydrogen-bond acceptors (Lipinski definition) is 5. The Kier molecular flexibility index (Phi) is 5.78. The highest BCUT2D eigenvalue weighted by Crippen LogP contribution is 2.30. The van der Waals surface area contributed by atoms with Crippen molar-refractivity contribution >= 4 is 15.9 Å². The zero-order chi connectivity index (χ0) is 15.2. The first kappa shape index (κ1) is 16.3. The molecule has 1 aromatic carbocycles. The largest absolute Gasteiger partial charge is 0.493 e. The monoisotopic (exact) mass is 302 g/mol. The van der Waals surface area contributed by atoms with E-state index < -0.39 is 10.0 Å². The van der Waals surface area contributed by atoms with Gasteiger partial charge in [0.15, 0.2) is 11.5 Å². The van der Waals surface area contributed by atoms with E-state index >= 15 is 0 Å². The molecule has 0 aliphatic heterocycles. The molecule has 112 valence electrons. The van der Waals surface area contributed by atoms with Crippen LogP contribution in [0.15, 0.2) is 18.2 Å². The molecule has 20 heavy (non-hydrogen) atoms. The maximum absolute atomic E-state index is 12.0. The number of benzene rings is 1. The van der Waals surface area contributed by atoms with Gasteiger partial charge in [-0.2, -0.15) is 0 Å². The summed E-state index contributed by atoms with van der Waals surface area (Å²) in [7, 11) is -0.588. The summed E-state index contributed by atoms with van der Waals surface area (Å²) < 4.78 is 31.8. The lowest BCUT2D eigenvalue weighted by molar-refractivity contribution is 0.0950. The number of nitrogens with two attached hydrogens (primary N) is 1. The van der Waals surface area contributed by atoms with E-state index in [1.54, 1.807) is 18.2 Å². The van der Waals surface area contributed by atoms with Crippen molar-refractivity contribution in [1.82, 2.24) is 5.32 Å². The van der Waals surface area contributed by atoms with Crippen molar-refractivity contribution in [2.45, 2.75) is 6.42 Å². The number of hydrogen-bond donors (Lipinski definition) is 2. The first-order chi connectivity index (χ1) is 9.39. The van der Waals surface area contributed by atoms with E-state index in [2.05, 4.69) is 5.32 Å². The number of ether oxygens (including phenoxy) is 2. The number of carbonyl (C=O) groups is 1. The molecule has 0 radical (unpaired) electrons. The summed E-state index contributed by atoms with van der Waals surface area (Å²) >= 11 is 0. The molecule has 0 unspecified atom stereocenters. The first-order valence-electron chi connectivity index (χ1n) is 5.88. The van der Waals surface area contributed by atoms with Crippen LogP contribution in [0.1, 0.15) is 16.8 Å². The van der Waals surface area contributed by atoms with Gasteiger partial charge in [-0.1, -0.05) is 6.07 Å². The van der Waals surface area contributed by atoms with Gasteiger partial charge in [0.1, 0.15) is 0 Å². The highest BCUT2D eigenvalue weighted by molar-refractivity contribution is 7.89. The van der Waals surface area contributed by atoms with Crippen LogP contribution in [0.3, 0.4) is 0 Å². The molecular formula is C12H18N2O5S. The fraction of sp³-hybridized carbons (Fsp3) is 0.417. The molecule has 0 aliphatic rings. The van der Waals surface area contributed by atoms with Crippen LogP contribution in [-0.2, 0) is 10.0 Å². The summed E-state index contributed by atoms with van der Waals surface area (Å²) in [5, 5.41) is 7.47. The first-order valence-corrected chi connectivity index (χ1v) is 7.60. The fourth-order valence-electron chi connectivity index (χ4n) is 1.64. The lowest BCUT2D eigenvalue weighted by atomic mass is 10.1. The van der Waals surface area contributed by atoms with Gasteiger partial charge in [0.2, 0.25) is 10.0 Å². The predicted octanol–water partition coefficient (Wildman–Crippen LogP) is 0.112. The molecule has 0 aromatic heterocycles. The Balaban J connectivity index is 2.68. The Morgan fingerprint density at radius 1 is 1.30 bits per heavy atom. The zero-order valence-corrected chi connectivity index (χ0v) is 12.2. The van der Waals surface area contributed by atoms with Crippen LogP contribution in [0.2, 0.25) is 0 Å². The molecule has 1 aromatic rings. The molecular weight excluding hydrogens is 284 g/mol. The third-order valence-corrected chi connectivity index (χ3v) is 3.40. The number of rotatable bonds is 7. The highest BCUT2D eigenvalue weighted by Gasteiger charge is 2.15.